The Morgan fingerprint density at radius 1 is 1.42 bits per heavy atom. The third-order valence-corrected chi connectivity index (χ3v) is 4.08. The first-order valence-corrected chi connectivity index (χ1v) is 5.96. The van der Waals surface area contributed by atoms with Gasteiger partial charge in [0, 0.05) is 0 Å². The van der Waals surface area contributed by atoms with E-state index in [1.807, 2.05) is 0 Å². The lowest BCUT2D eigenvalue weighted by molar-refractivity contribution is 0.305. The molecule has 4 nitrogen and oxygen atoms in total. The fraction of sp³-hybridized carbons (Fsp3) is 1.00. The van der Waals surface area contributed by atoms with E-state index in [1.165, 1.54) is 0 Å². The van der Waals surface area contributed by atoms with Crippen LogP contribution in [0.25, 0.3) is 0 Å². The maximum Gasteiger partial charge on any atom is 0.328 e. The predicted molar refractivity (Wildman–Crippen MR) is 47.1 cm³/mol. The van der Waals surface area contributed by atoms with Gasteiger partial charge >= 0.3 is 7.60 Å². The molecule has 1 heterocycles. The van der Waals surface area contributed by atoms with Gasteiger partial charge in [0.1, 0.15) is 0 Å². The van der Waals surface area contributed by atoms with E-state index in [4.69, 9.17) is 9.79 Å². The van der Waals surface area contributed by atoms with E-state index in [-0.39, 0.29) is 5.92 Å². The second kappa shape index (κ2) is 3.88. The van der Waals surface area contributed by atoms with Gasteiger partial charge in [-0.15, -0.1) is 0 Å². The third kappa shape index (κ3) is 2.56. The summed E-state index contributed by atoms with van der Waals surface area (Å²) in [4.78, 5) is 17.9. The monoisotopic (exact) mass is 193 g/mol. The molecule has 3 N–H and O–H groups in total. The van der Waals surface area contributed by atoms with Crippen molar-refractivity contribution in [3.05, 3.63) is 0 Å². The van der Waals surface area contributed by atoms with Gasteiger partial charge in [-0.25, -0.2) is 0 Å². The van der Waals surface area contributed by atoms with Crippen LogP contribution in [0.3, 0.4) is 0 Å². The number of piperidine rings is 1. The molecule has 72 valence electrons. The van der Waals surface area contributed by atoms with Crippen LogP contribution in [0.2, 0.25) is 0 Å². The molecule has 5 heteroatoms. The molecule has 0 aromatic carbocycles. The van der Waals surface area contributed by atoms with Gasteiger partial charge in [-0.1, -0.05) is 6.92 Å². The van der Waals surface area contributed by atoms with Crippen LogP contribution in [0, 0.1) is 5.92 Å². The van der Waals surface area contributed by atoms with Crippen molar-refractivity contribution in [3.8, 4) is 0 Å². The summed E-state index contributed by atoms with van der Waals surface area (Å²) < 4.78 is 10.9. The van der Waals surface area contributed by atoms with Gasteiger partial charge in [0.15, 0.2) is 0 Å². The maximum atomic E-state index is 10.9. The molecular formula is C7H16NO3P. The normalized spacial score (nSPS) is 23.9. The second-order valence-electron chi connectivity index (χ2n) is 3.42. The van der Waals surface area contributed by atoms with Gasteiger partial charge in [0.25, 0.3) is 0 Å². The standard InChI is InChI=1S/C7H16NO3P/c1-6(12(9,10)11)7-2-4-8-5-3-7/h6-8H,2-5H2,1H3,(H2,9,10,11). The smallest absolute Gasteiger partial charge is 0.324 e. The highest BCUT2D eigenvalue weighted by molar-refractivity contribution is 7.52. The van der Waals surface area contributed by atoms with Gasteiger partial charge in [0.2, 0.25) is 0 Å². The van der Waals surface area contributed by atoms with Gasteiger partial charge in [-0.05, 0) is 31.8 Å². The van der Waals surface area contributed by atoms with Gasteiger partial charge in [-0.2, -0.15) is 0 Å². The SMILES string of the molecule is CC(C1CCNCC1)P(=O)(O)O. The van der Waals surface area contributed by atoms with E-state index >= 15 is 0 Å². The molecule has 1 fully saturated rings. The van der Waals surface area contributed by atoms with Crippen LogP contribution in [0.5, 0.6) is 0 Å². The summed E-state index contributed by atoms with van der Waals surface area (Å²) in [6, 6.07) is 0. The van der Waals surface area contributed by atoms with E-state index in [9.17, 15) is 4.57 Å². The molecule has 0 saturated carbocycles. The summed E-state index contributed by atoms with van der Waals surface area (Å²) in [7, 11) is -3.85. The Morgan fingerprint density at radius 2 is 1.92 bits per heavy atom. The zero-order valence-electron chi connectivity index (χ0n) is 7.23. The second-order valence-corrected chi connectivity index (χ2v) is 5.41. The first kappa shape index (κ1) is 10.2. The molecule has 0 amide bonds. The lowest BCUT2D eigenvalue weighted by Gasteiger charge is -2.28. The topological polar surface area (TPSA) is 69.6 Å². The lowest BCUT2D eigenvalue weighted by atomic mass is 9.95. The summed E-state index contributed by atoms with van der Waals surface area (Å²) in [5.74, 6) is 0.187. The van der Waals surface area contributed by atoms with Crippen LogP contribution in [-0.2, 0) is 4.57 Å². The third-order valence-electron chi connectivity index (χ3n) is 2.60. The molecule has 0 aromatic rings. The summed E-state index contributed by atoms with van der Waals surface area (Å²) in [5, 5.41) is 3.17. The Morgan fingerprint density at radius 3 is 2.33 bits per heavy atom. The number of hydrogen-bond acceptors (Lipinski definition) is 2. The van der Waals surface area contributed by atoms with E-state index in [1.54, 1.807) is 6.92 Å². The molecule has 0 aromatic heterocycles. The van der Waals surface area contributed by atoms with Gasteiger partial charge in [0.05, 0.1) is 5.66 Å². The minimum atomic E-state index is -3.85. The average molecular weight is 193 g/mol. The highest BCUT2D eigenvalue weighted by Crippen LogP contribution is 2.46. The van der Waals surface area contributed by atoms with Crippen molar-refractivity contribution in [2.45, 2.75) is 25.4 Å². The quantitative estimate of drug-likeness (QED) is 0.560. The molecule has 1 atom stereocenters. The largest absolute Gasteiger partial charge is 0.328 e. The molecule has 0 radical (unpaired) electrons. The molecule has 12 heavy (non-hydrogen) atoms. The zero-order chi connectivity index (χ0) is 9.19. The van der Waals surface area contributed by atoms with E-state index in [0.717, 1.165) is 25.9 Å². The highest BCUT2D eigenvalue weighted by Gasteiger charge is 2.32. The number of nitrogens with one attached hydrogen (secondary N) is 1. The van der Waals surface area contributed by atoms with Gasteiger partial charge in [-0.3, -0.25) is 4.57 Å². The zero-order valence-corrected chi connectivity index (χ0v) is 8.13. The van der Waals surface area contributed by atoms with Gasteiger partial charge < -0.3 is 15.1 Å². The minimum absolute atomic E-state index is 0.187. The molecule has 0 spiro atoms. The Kier molecular flexibility index (Phi) is 3.29. The van der Waals surface area contributed by atoms with Crippen LogP contribution in [-0.4, -0.2) is 28.5 Å². The van der Waals surface area contributed by atoms with Crippen molar-refractivity contribution in [2.24, 2.45) is 5.92 Å². The van der Waals surface area contributed by atoms with E-state index in [0.29, 0.717) is 0 Å². The molecule has 1 rings (SSSR count). The fourth-order valence-electron chi connectivity index (χ4n) is 1.60. The highest BCUT2D eigenvalue weighted by atomic mass is 31.2. The molecule has 1 unspecified atom stereocenters. The first-order chi connectivity index (χ1) is 5.52. The van der Waals surface area contributed by atoms with Crippen LogP contribution < -0.4 is 5.32 Å². The fourth-order valence-corrected chi connectivity index (χ4v) is 2.45. The van der Waals surface area contributed by atoms with Crippen molar-refractivity contribution in [2.75, 3.05) is 13.1 Å². The number of hydrogen-bond donors (Lipinski definition) is 3. The summed E-state index contributed by atoms with van der Waals surface area (Å²) in [6.45, 7) is 3.42. The van der Waals surface area contributed by atoms with Crippen molar-refractivity contribution in [1.82, 2.24) is 5.32 Å². The van der Waals surface area contributed by atoms with Crippen LogP contribution in [0.4, 0.5) is 0 Å². The number of rotatable bonds is 2. The molecule has 1 aliphatic heterocycles. The van der Waals surface area contributed by atoms with Crippen molar-refractivity contribution in [1.29, 1.82) is 0 Å². The Labute approximate surface area is 72.5 Å². The van der Waals surface area contributed by atoms with Crippen molar-refractivity contribution in [3.63, 3.8) is 0 Å². The molecule has 0 bridgehead atoms. The Balaban J connectivity index is 2.51. The molecule has 0 aliphatic carbocycles. The van der Waals surface area contributed by atoms with Crippen LogP contribution >= 0.6 is 7.60 Å². The molecule has 1 saturated heterocycles. The molecule has 1 aliphatic rings. The Hall–Kier alpha value is 0.110. The van der Waals surface area contributed by atoms with Crippen molar-refractivity contribution < 1.29 is 14.4 Å². The molecular weight excluding hydrogens is 177 g/mol. The van der Waals surface area contributed by atoms with Crippen LogP contribution in [0.1, 0.15) is 19.8 Å². The minimum Gasteiger partial charge on any atom is -0.324 e. The van der Waals surface area contributed by atoms with Crippen molar-refractivity contribution >= 4 is 7.60 Å². The van der Waals surface area contributed by atoms with E-state index in [2.05, 4.69) is 5.32 Å². The average Bonchev–Trinajstić information content (AvgIpc) is 2.03. The first-order valence-electron chi connectivity index (χ1n) is 4.28. The van der Waals surface area contributed by atoms with E-state index < -0.39 is 13.3 Å². The Bertz CT molecular complexity index is 185. The summed E-state index contributed by atoms with van der Waals surface area (Å²) >= 11 is 0. The lowest BCUT2D eigenvalue weighted by Crippen LogP contribution is -2.32. The maximum absolute atomic E-state index is 10.9. The summed E-state index contributed by atoms with van der Waals surface area (Å²) in [5.41, 5.74) is -0.473. The summed E-state index contributed by atoms with van der Waals surface area (Å²) in [6.07, 6.45) is 1.76. The van der Waals surface area contributed by atoms with Crippen LogP contribution in [0.15, 0.2) is 0 Å². The predicted octanol–water partition coefficient (Wildman–Crippen LogP) is 0.552.